The van der Waals surface area contributed by atoms with Crippen LogP contribution in [0, 0.1) is 5.92 Å². The van der Waals surface area contributed by atoms with E-state index >= 15 is 0 Å². The lowest BCUT2D eigenvalue weighted by Gasteiger charge is -2.42. The van der Waals surface area contributed by atoms with Crippen LogP contribution in [0.3, 0.4) is 0 Å². The molecule has 0 aromatic heterocycles. The third-order valence-electron chi connectivity index (χ3n) is 4.58. The first-order valence-corrected chi connectivity index (χ1v) is 8.73. The van der Waals surface area contributed by atoms with Gasteiger partial charge in [0.1, 0.15) is 6.73 Å². The van der Waals surface area contributed by atoms with Crippen LogP contribution in [0.5, 0.6) is 0 Å². The fourth-order valence-electron chi connectivity index (χ4n) is 2.84. The van der Waals surface area contributed by atoms with Gasteiger partial charge in [-0.05, 0) is 49.5 Å². The van der Waals surface area contributed by atoms with E-state index in [9.17, 15) is 0 Å². The van der Waals surface area contributed by atoms with Crippen LogP contribution in [0.4, 0.5) is 0 Å². The molecule has 22 heavy (non-hydrogen) atoms. The molecule has 1 aliphatic rings. The number of nitrogens with zero attached hydrogens (tertiary/aromatic N) is 1. The minimum absolute atomic E-state index is 0.213. The van der Waals surface area contributed by atoms with Crippen LogP contribution >= 0.6 is 15.9 Å². The van der Waals surface area contributed by atoms with Gasteiger partial charge in [0, 0.05) is 17.3 Å². The molecule has 3 nitrogen and oxygen atoms in total. The zero-order valence-electron chi connectivity index (χ0n) is 13.6. The number of halogens is 1. The van der Waals surface area contributed by atoms with Gasteiger partial charge in [0.05, 0.1) is 11.6 Å². The first-order valence-electron chi connectivity index (χ1n) is 7.94. The van der Waals surface area contributed by atoms with Gasteiger partial charge in [-0.3, -0.25) is 0 Å². The van der Waals surface area contributed by atoms with Crippen molar-refractivity contribution in [2.75, 3.05) is 13.3 Å². The zero-order valence-corrected chi connectivity index (χ0v) is 15.2. The fraction of sp³-hybridized carbons (Fsp3) is 0.556. The zero-order chi connectivity index (χ0) is 16.2. The van der Waals surface area contributed by atoms with E-state index in [2.05, 4.69) is 78.1 Å². The molecule has 0 aliphatic carbocycles. The molecular weight excluding hydrogens is 342 g/mol. The molecule has 0 saturated heterocycles. The maximum Gasteiger partial charge on any atom is 0.120 e. The molecule has 4 heteroatoms. The van der Waals surface area contributed by atoms with Gasteiger partial charge in [-0.1, -0.05) is 41.9 Å². The Balaban J connectivity index is 2.10. The van der Waals surface area contributed by atoms with E-state index in [4.69, 9.17) is 9.84 Å². The van der Waals surface area contributed by atoms with Crippen LogP contribution in [0.15, 0.2) is 41.0 Å². The van der Waals surface area contributed by atoms with Gasteiger partial charge >= 0.3 is 0 Å². The average molecular weight is 368 g/mol. The summed E-state index contributed by atoms with van der Waals surface area (Å²) in [6.45, 7) is 7.33. The van der Waals surface area contributed by atoms with Crippen molar-refractivity contribution in [1.29, 1.82) is 0 Å². The van der Waals surface area contributed by atoms with Crippen molar-refractivity contribution in [1.82, 2.24) is 4.90 Å². The lowest BCUT2D eigenvalue weighted by molar-refractivity contribution is -0.107. The van der Waals surface area contributed by atoms with Crippen LogP contribution in [0.1, 0.15) is 45.2 Å². The van der Waals surface area contributed by atoms with Gasteiger partial charge < -0.3 is 14.7 Å². The molecule has 1 aromatic rings. The number of benzene rings is 1. The van der Waals surface area contributed by atoms with Crippen molar-refractivity contribution < 1.29 is 9.84 Å². The highest BCUT2D eigenvalue weighted by molar-refractivity contribution is 9.10. The number of ether oxygens (including phenoxy) is 1. The monoisotopic (exact) mass is 367 g/mol. The normalized spacial score (nSPS) is 23.1. The van der Waals surface area contributed by atoms with Crippen LogP contribution < -0.4 is 0 Å². The first kappa shape index (κ1) is 17.5. The van der Waals surface area contributed by atoms with E-state index in [1.165, 1.54) is 5.56 Å². The molecule has 2 rings (SSSR count). The van der Waals surface area contributed by atoms with Gasteiger partial charge in [0.25, 0.3) is 0 Å². The quantitative estimate of drug-likeness (QED) is 0.804. The third-order valence-corrected chi connectivity index (χ3v) is 5.11. The molecule has 2 atom stereocenters. The average Bonchev–Trinajstić information content (AvgIpc) is 2.53. The van der Waals surface area contributed by atoms with E-state index in [1.807, 2.05) is 0 Å². The molecule has 0 fully saturated rings. The summed E-state index contributed by atoms with van der Waals surface area (Å²) < 4.78 is 7.32. The molecule has 122 valence electrons. The highest BCUT2D eigenvalue weighted by atomic mass is 79.9. The summed E-state index contributed by atoms with van der Waals surface area (Å²) in [5.41, 5.74) is 1.02. The summed E-state index contributed by atoms with van der Waals surface area (Å²) in [5, 5.41) is 9.11. The van der Waals surface area contributed by atoms with Gasteiger partial charge in [0.15, 0.2) is 0 Å². The van der Waals surface area contributed by atoms with Crippen molar-refractivity contribution in [3.63, 3.8) is 0 Å². The van der Waals surface area contributed by atoms with Crippen molar-refractivity contribution in [2.24, 2.45) is 5.92 Å². The summed E-state index contributed by atoms with van der Waals surface area (Å²) in [4.78, 5) is 2.21. The van der Waals surface area contributed by atoms with E-state index in [0.29, 0.717) is 12.6 Å². The number of aliphatic hydroxyl groups is 1. The molecule has 1 unspecified atom stereocenters. The molecule has 1 N–H and O–H groups in total. The number of rotatable bonds is 6. The maximum absolute atomic E-state index is 9.11. The highest BCUT2D eigenvalue weighted by Gasteiger charge is 2.35. The first-order chi connectivity index (χ1) is 10.5. The standard InChI is InChI=1S/C18H26BrNO2/c1-14(2)18(9-4-12-21)10-11-20(13-22-18)15(3)16-5-7-17(19)8-6-16/h5-8,10-11,14-15,21H,4,9,12-13H2,1-3H3/t15-,18?/m0/s1. The van der Waals surface area contributed by atoms with Crippen molar-refractivity contribution >= 4 is 15.9 Å². The second kappa shape index (κ2) is 7.62. The fourth-order valence-corrected chi connectivity index (χ4v) is 3.10. The lowest BCUT2D eigenvalue weighted by atomic mass is 9.85. The molecule has 0 saturated carbocycles. The molecule has 0 amide bonds. The summed E-state index contributed by atoms with van der Waals surface area (Å²) in [6.07, 6.45) is 5.96. The Morgan fingerprint density at radius 1 is 1.27 bits per heavy atom. The molecule has 1 aromatic carbocycles. The molecular formula is C18H26BrNO2. The predicted octanol–water partition coefficient (Wildman–Crippen LogP) is 4.48. The summed E-state index contributed by atoms with van der Waals surface area (Å²) >= 11 is 3.47. The van der Waals surface area contributed by atoms with Gasteiger partial charge in [-0.15, -0.1) is 0 Å². The van der Waals surface area contributed by atoms with E-state index < -0.39 is 0 Å². The number of hydrogen-bond donors (Lipinski definition) is 1. The Morgan fingerprint density at radius 3 is 2.45 bits per heavy atom. The Hall–Kier alpha value is -0.840. The van der Waals surface area contributed by atoms with E-state index in [-0.39, 0.29) is 18.2 Å². The Bertz CT molecular complexity index is 500. The van der Waals surface area contributed by atoms with Crippen LogP contribution in [-0.4, -0.2) is 28.9 Å². The molecule has 0 radical (unpaired) electrons. The second-order valence-corrected chi connectivity index (χ2v) is 7.18. The number of aliphatic hydroxyl groups excluding tert-OH is 1. The lowest BCUT2D eigenvalue weighted by Crippen LogP contribution is -2.44. The van der Waals surface area contributed by atoms with E-state index in [0.717, 1.165) is 17.3 Å². The molecule has 1 heterocycles. The molecule has 1 aliphatic heterocycles. The van der Waals surface area contributed by atoms with E-state index in [1.54, 1.807) is 0 Å². The maximum atomic E-state index is 9.11. The van der Waals surface area contributed by atoms with Gasteiger partial charge in [-0.2, -0.15) is 0 Å². The third kappa shape index (κ3) is 3.92. The largest absolute Gasteiger partial charge is 0.396 e. The number of hydrogen-bond acceptors (Lipinski definition) is 3. The Labute approximate surface area is 142 Å². The molecule has 0 spiro atoms. The summed E-state index contributed by atoms with van der Waals surface area (Å²) in [6, 6.07) is 8.68. The summed E-state index contributed by atoms with van der Waals surface area (Å²) in [5.74, 6) is 0.389. The van der Waals surface area contributed by atoms with Gasteiger partial charge in [0.2, 0.25) is 0 Å². The van der Waals surface area contributed by atoms with Crippen LogP contribution in [0.2, 0.25) is 0 Å². The summed E-state index contributed by atoms with van der Waals surface area (Å²) in [7, 11) is 0. The van der Waals surface area contributed by atoms with Crippen LogP contribution in [0.25, 0.3) is 0 Å². The van der Waals surface area contributed by atoms with Crippen LogP contribution in [-0.2, 0) is 4.74 Å². The smallest absolute Gasteiger partial charge is 0.120 e. The van der Waals surface area contributed by atoms with Crippen molar-refractivity contribution in [2.45, 2.75) is 45.3 Å². The minimum atomic E-state index is -0.251. The predicted molar refractivity (Wildman–Crippen MR) is 93.4 cm³/mol. The Morgan fingerprint density at radius 2 is 1.95 bits per heavy atom. The minimum Gasteiger partial charge on any atom is -0.396 e. The van der Waals surface area contributed by atoms with Crippen molar-refractivity contribution in [3.05, 3.63) is 46.6 Å². The SMILES string of the molecule is CC(C)C1(CCCO)C=CN([C@@H](C)c2ccc(Br)cc2)CO1. The van der Waals surface area contributed by atoms with Gasteiger partial charge in [-0.25, -0.2) is 0 Å². The Kier molecular flexibility index (Phi) is 6.07. The highest BCUT2D eigenvalue weighted by Crippen LogP contribution is 2.34. The van der Waals surface area contributed by atoms with Crippen molar-refractivity contribution in [3.8, 4) is 0 Å². The topological polar surface area (TPSA) is 32.7 Å². The molecule has 0 bridgehead atoms. The second-order valence-electron chi connectivity index (χ2n) is 6.27.